The van der Waals surface area contributed by atoms with Crippen molar-refractivity contribution in [3.8, 4) is 0 Å². The van der Waals surface area contributed by atoms with Gasteiger partial charge in [0.2, 0.25) is 0 Å². The lowest BCUT2D eigenvalue weighted by molar-refractivity contribution is 0.351. The Labute approximate surface area is 152 Å². The molecule has 0 bridgehead atoms. The lowest BCUT2D eigenvalue weighted by Crippen LogP contribution is -2.26. The summed E-state index contributed by atoms with van der Waals surface area (Å²) in [4.78, 5) is 10.9. The second kappa shape index (κ2) is 6.64. The van der Waals surface area contributed by atoms with E-state index in [0.29, 0.717) is 0 Å². The summed E-state index contributed by atoms with van der Waals surface area (Å²) in [6, 6.07) is 14.4. The van der Waals surface area contributed by atoms with E-state index < -0.39 is 0 Å². The first kappa shape index (κ1) is 15.8. The molecule has 6 heteroatoms. The summed E-state index contributed by atoms with van der Waals surface area (Å²) in [5.41, 5.74) is 3.37. The Hall–Kier alpha value is -2.73. The molecule has 25 heavy (non-hydrogen) atoms. The Balaban J connectivity index is 1.70. The van der Waals surface area contributed by atoms with Gasteiger partial charge in [-0.3, -0.25) is 9.97 Å². The second-order valence-corrected chi connectivity index (χ2v) is 6.55. The van der Waals surface area contributed by atoms with E-state index in [9.17, 15) is 0 Å². The molecule has 5 nitrogen and oxygen atoms in total. The van der Waals surface area contributed by atoms with Gasteiger partial charge in [0, 0.05) is 44.1 Å². The first-order valence-electron chi connectivity index (χ1n) is 8.22. The predicted molar refractivity (Wildman–Crippen MR) is 101 cm³/mol. The molecule has 0 saturated carbocycles. The Morgan fingerprint density at radius 1 is 1.12 bits per heavy atom. The number of nitrogens with one attached hydrogen (secondary N) is 1. The summed E-state index contributed by atoms with van der Waals surface area (Å²) in [7, 11) is 2.03. The van der Waals surface area contributed by atoms with Crippen LogP contribution in [0.4, 0.5) is 0 Å². The quantitative estimate of drug-likeness (QED) is 0.734. The largest absolute Gasteiger partial charge is 0.352 e. The molecule has 0 aliphatic carbocycles. The van der Waals surface area contributed by atoms with Gasteiger partial charge in [-0.2, -0.15) is 0 Å². The van der Waals surface area contributed by atoms with E-state index in [0.717, 1.165) is 17.4 Å². The molecule has 0 unspecified atom stereocenters. The highest BCUT2D eigenvalue weighted by Crippen LogP contribution is 2.37. The monoisotopic (exact) mass is 349 g/mol. The smallest absolute Gasteiger partial charge is 0.169 e. The number of likely N-dealkylation sites (N-methyl/N-ethyl adjacent to an activating group) is 1. The predicted octanol–water partition coefficient (Wildman–Crippen LogP) is 2.93. The number of hydrogen-bond acceptors (Lipinski definition) is 3. The fourth-order valence-corrected chi connectivity index (χ4v) is 3.60. The molecule has 1 aliphatic rings. The third kappa shape index (κ3) is 3.00. The minimum atomic E-state index is 0.0289. The van der Waals surface area contributed by atoms with Crippen LogP contribution in [0.1, 0.15) is 29.0 Å². The van der Waals surface area contributed by atoms with Gasteiger partial charge in [-0.05, 0) is 48.1 Å². The highest BCUT2D eigenvalue weighted by molar-refractivity contribution is 7.80. The molecule has 0 amide bonds. The van der Waals surface area contributed by atoms with Crippen LogP contribution in [-0.4, -0.2) is 31.6 Å². The van der Waals surface area contributed by atoms with Gasteiger partial charge in [0.05, 0.1) is 17.8 Å². The van der Waals surface area contributed by atoms with E-state index in [2.05, 4.69) is 49.1 Å². The molecule has 2 atom stereocenters. The molecule has 4 heterocycles. The molecular weight excluding hydrogens is 330 g/mol. The van der Waals surface area contributed by atoms with Crippen LogP contribution in [0.3, 0.4) is 0 Å². The van der Waals surface area contributed by atoms with E-state index in [1.807, 2.05) is 43.7 Å². The zero-order valence-corrected chi connectivity index (χ0v) is 14.7. The number of pyridine rings is 2. The molecule has 0 aromatic carbocycles. The summed E-state index contributed by atoms with van der Waals surface area (Å²) in [5.74, 6) is 0. The van der Waals surface area contributed by atoms with Crippen LogP contribution in [0.2, 0.25) is 0 Å². The summed E-state index contributed by atoms with van der Waals surface area (Å²) >= 11 is 5.51. The summed E-state index contributed by atoms with van der Waals surface area (Å²) in [6.45, 7) is 0.780. The zero-order valence-electron chi connectivity index (χ0n) is 13.9. The lowest BCUT2D eigenvalue weighted by Gasteiger charge is -2.25. The molecule has 1 N–H and O–H groups in total. The highest BCUT2D eigenvalue weighted by atomic mass is 32.1. The van der Waals surface area contributed by atoms with E-state index in [-0.39, 0.29) is 12.1 Å². The fraction of sp³-hybridized carbons (Fsp3) is 0.211. The Bertz CT molecular complexity index is 862. The van der Waals surface area contributed by atoms with Crippen LogP contribution in [-0.2, 0) is 6.54 Å². The van der Waals surface area contributed by atoms with Crippen molar-refractivity contribution < 1.29 is 0 Å². The van der Waals surface area contributed by atoms with E-state index in [4.69, 9.17) is 12.2 Å². The first-order chi connectivity index (χ1) is 12.2. The van der Waals surface area contributed by atoms with Gasteiger partial charge in [-0.1, -0.05) is 12.1 Å². The normalized spacial score (nSPS) is 19.9. The molecule has 1 aliphatic heterocycles. The van der Waals surface area contributed by atoms with Gasteiger partial charge >= 0.3 is 0 Å². The van der Waals surface area contributed by atoms with Crippen molar-refractivity contribution in [2.45, 2.75) is 18.6 Å². The van der Waals surface area contributed by atoms with Crippen molar-refractivity contribution >= 4 is 17.3 Å². The van der Waals surface area contributed by atoms with Crippen molar-refractivity contribution in [2.75, 3.05) is 7.05 Å². The van der Waals surface area contributed by atoms with Gasteiger partial charge in [0.1, 0.15) is 0 Å². The van der Waals surface area contributed by atoms with Crippen LogP contribution < -0.4 is 5.32 Å². The molecule has 1 saturated heterocycles. The highest BCUT2D eigenvalue weighted by Gasteiger charge is 2.38. The fourth-order valence-electron chi connectivity index (χ4n) is 3.36. The van der Waals surface area contributed by atoms with Crippen LogP contribution in [0.5, 0.6) is 0 Å². The number of aromatic nitrogens is 3. The minimum absolute atomic E-state index is 0.0289. The molecule has 0 radical (unpaired) electrons. The van der Waals surface area contributed by atoms with Gasteiger partial charge in [0.25, 0.3) is 0 Å². The summed E-state index contributed by atoms with van der Waals surface area (Å²) in [6.07, 6.45) is 7.63. The number of nitrogens with zero attached hydrogens (tertiary/aromatic N) is 4. The molecule has 3 aromatic heterocycles. The van der Waals surface area contributed by atoms with E-state index >= 15 is 0 Å². The third-order valence-electron chi connectivity index (χ3n) is 4.58. The Morgan fingerprint density at radius 2 is 2.04 bits per heavy atom. The average Bonchev–Trinajstić information content (AvgIpc) is 3.21. The Kier molecular flexibility index (Phi) is 4.19. The molecule has 1 fully saturated rings. The topological polar surface area (TPSA) is 46.0 Å². The Morgan fingerprint density at radius 3 is 2.80 bits per heavy atom. The van der Waals surface area contributed by atoms with Gasteiger partial charge in [0.15, 0.2) is 5.11 Å². The van der Waals surface area contributed by atoms with Crippen LogP contribution >= 0.6 is 12.2 Å². The van der Waals surface area contributed by atoms with Crippen molar-refractivity contribution in [1.82, 2.24) is 24.8 Å². The number of rotatable bonds is 4. The van der Waals surface area contributed by atoms with Crippen molar-refractivity contribution in [2.24, 2.45) is 0 Å². The zero-order chi connectivity index (χ0) is 17.2. The molecule has 0 spiro atoms. The molecule has 126 valence electrons. The summed E-state index contributed by atoms with van der Waals surface area (Å²) in [5, 5.41) is 4.16. The molecule has 3 aromatic rings. The van der Waals surface area contributed by atoms with Crippen molar-refractivity contribution in [1.29, 1.82) is 0 Å². The maximum absolute atomic E-state index is 5.51. The van der Waals surface area contributed by atoms with Gasteiger partial charge in [-0.25, -0.2) is 0 Å². The lowest BCUT2D eigenvalue weighted by atomic mass is 10.0. The number of hydrogen-bond donors (Lipinski definition) is 1. The van der Waals surface area contributed by atoms with Gasteiger partial charge in [-0.15, -0.1) is 0 Å². The summed E-state index contributed by atoms with van der Waals surface area (Å²) < 4.78 is 2.25. The van der Waals surface area contributed by atoms with Gasteiger partial charge < -0.3 is 14.8 Å². The van der Waals surface area contributed by atoms with Crippen LogP contribution in [0.25, 0.3) is 0 Å². The van der Waals surface area contributed by atoms with E-state index in [1.165, 1.54) is 11.3 Å². The average molecular weight is 349 g/mol. The number of thiocarbonyl (C=S) groups is 1. The minimum Gasteiger partial charge on any atom is -0.352 e. The van der Waals surface area contributed by atoms with Crippen LogP contribution in [0.15, 0.2) is 67.3 Å². The van der Waals surface area contributed by atoms with E-state index in [1.54, 1.807) is 6.20 Å². The maximum atomic E-state index is 5.51. The standard InChI is InChI=1S/C19H19N5S/c1-23-18(17(22-19(23)25)15-7-2-3-10-21-15)16-8-5-11-24(16)13-14-6-4-9-20-12-14/h2-12,17-18H,13H2,1H3,(H,22,25)/t17-,18-/m0/s1. The maximum Gasteiger partial charge on any atom is 0.169 e. The van der Waals surface area contributed by atoms with Crippen molar-refractivity contribution in [3.05, 3.63) is 84.2 Å². The molecule has 4 rings (SSSR count). The SMILES string of the molecule is CN1C(=S)N[C@@H](c2ccccn2)[C@@H]1c1cccn1Cc1cccnc1. The second-order valence-electron chi connectivity index (χ2n) is 6.16. The van der Waals surface area contributed by atoms with Crippen LogP contribution in [0, 0.1) is 0 Å². The van der Waals surface area contributed by atoms with Crippen molar-refractivity contribution in [3.63, 3.8) is 0 Å². The third-order valence-corrected chi connectivity index (χ3v) is 4.99. The first-order valence-corrected chi connectivity index (χ1v) is 8.63. The molecular formula is C19H19N5S.